The first-order valence-corrected chi connectivity index (χ1v) is 12.1. The van der Waals surface area contributed by atoms with E-state index in [9.17, 15) is 14.4 Å². The van der Waals surface area contributed by atoms with Crippen LogP contribution in [0.3, 0.4) is 0 Å². The number of fused-ring (bicyclic) bond motifs is 1. The number of ether oxygens (including phenoxy) is 1. The summed E-state index contributed by atoms with van der Waals surface area (Å²) < 4.78 is 5.38. The lowest BCUT2D eigenvalue weighted by atomic mass is 9.94. The molecule has 168 valence electrons. The third kappa shape index (κ3) is 3.61. The number of thiophene rings is 1. The highest BCUT2D eigenvalue weighted by molar-refractivity contribution is 7.10. The molecule has 0 aliphatic carbocycles. The number of carbonyl (C=O) groups is 3. The number of imide groups is 1. The standard InChI is InChI=1S/C24H27N3O4S/c1-16(20-8-4-14-32-20)27-23(29)18-6-2-7-19(21(18)24(27)30)26-9-3-5-17(15-26)22(28)25-10-12-31-13-11-25/h2,4,6-8,14,16-17H,3,5,9-13,15H2,1H3/t16-,17-/m1/s1. The monoisotopic (exact) mass is 453 g/mol. The maximum absolute atomic E-state index is 13.5. The zero-order valence-corrected chi connectivity index (χ0v) is 19.0. The van der Waals surface area contributed by atoms with Crippen molar-refractivity contribution < 1.29 is 19.1 Å². The van der Waals surface area contributed by atoms with Crippen molar-refractivity contribution in [3.63, 3.8) is 0 Å². The largest absolute Gasteiger partial charge is 0.378 e. The quantitative estimate of drug-likeness (QED) is 0.665. The van der Waals surface area contributed by atoms with E-state index >= 15 is 0 Å². The van der Waals surface area contributed by atoms with Gasteiger partial charge in [-0.3, -0.25) is 19.3 Å². The fraction of sp³-hybridized carbons (Fsp3) is 0.458. The van der Waals surface area contributed by atoms with Gasteiger partial charge in [-0.25, -0.2) is 0 Å². The molecule has 7 nitrogen and oxygen atoms in total. The summed E-state index contributed by atoms with van der Waals surface area (Å²) in [5, 5.41) is 1.95. The van der Waals surface area contributed by atoms with Gasteiger partial charge in [-0.15, -0.1) is 11.3 Å². The van der Waals surface area contributed by atoms with Crippen molar-refractivity contribution in [3.8, 4) is 0 Å². The fourth-order valence-corrected chi connectivity index (χ4v) is 5.77. The fourth-order valence-electron chi connectivity index (χ4n) is 5.00. The topological polar surface area (TPSA) is 70.2 Å². The van der Waals surface area contributed by atoms with Crippen LogP contribution in [0.2, 0.25) is 0 Å². The molecule has 0 bridgehead atoms. The van der Waals surface area contributed by atoms with Crippen LogP contribution in [0.15, 0.2) is 35.7 Å². The van der Waals surface area contributed by atoms with Crippen LogP contribution in [0, 0.1) is 5.92 Å². The number of amides is 3. The van der Waals surface area contributed by atoms with E-state index in [1.54, 1.807) is 17.4 Å². The van der Waals surface area contributed by atoms with Crippen LogP contribution < -0.4 is 4.90 Å². The van der Waals surface area contributed by atoms with Gasteiger partial charge < -0.3 is 14.5 Å². The van der Waals surface area contributed by atoms with Crippen molar-refractivity contribution in [2.75, 3.05) is 44.3 Å². The van der Waals surface area contributed by atoms with E-state index in [-0.39, 0.29) is 29.7 Å². The molecule has 0 spiro atoms. The average molecular weight is 454 g/mol. The normalized spacial score (nSPS) is 22.3. The van der Waals surface area contributed by atoms with Gasteiger partial charge in [0.15, 0.2) is 0 Å². The maximum Gasteiger partial charge on any atom is 0.264 e. The van der Waals surface area contributed by atoms with Crippen LogP contribution in [0.4, 0.5) is 5.69 Å². The highest BCUT2D eigenvalue weighted by atomic mass is 32.1. The summed E-state index contributed by atoms with van der Waals surface area (Å²) in [6.07, 6.45) is 1.72. The van der Waals surface area contributed by atoms with Gasteiger partial charge in [0.25, 0.3) is 11.8 Å². The minimum Gasteiger partial charge on any atom is -0.378 e. The molecule has 1 aromatic heterocycles. The summed E-state index contributed by atoms with van der Waals surface area (Å²) in [5.41, 5.74) is 1.69. The SMILES string of the molecule is C[C@H](c1cccs1)N1C(=O)c2cccc(N3CCC[C@@H](C(=O)N4CCOCC4)C3)c2C1=O. The van der Waals surface area contributed by atoms with E-state index in [2.05, 4.69) is 4.90 Å². The summed E-state index contributed by atoms with van der Waals surface area (Å²) in [6, 6.07) is 9.05. The molecule has 0 N–H and O–H groups in total. The Balaban J connectivity index is 1.40. The molecule has 2 saturated heterocycles. The predicted molar refractivity (Wildman–Crippen MR) is 122 cm³/mol. The molecule has 1 aromatic carbocycles. The first kappa shape index (κ1) is 21.2. The van der Waals surface area contributed by atoms with E-state index in [0.29, 0.717) is 44.0 Å². The molecule has 0 unspecified atom stereocenters. The van der Waals surface area contributed by atoms with Gasteiger partial charge in [0.1, 0.15) is 0 Å². The summed E-state index contributed by atoms with van der Waals surface area (Å²) in [4.78, 5) is 46.1. The van der Waals surface area contributed by atoms with Crippen molar-refractivity contribution in [2.45, 2.75) is 25.8 Å². The van der Waals surface area contributed by atoms with Crippen LogP contribution in [-0.2, 0) is 9.53 Å². The zero-order chi connectivity index (χ0) is 22.2. The van der Waals surface area contributed by atoms with E-state index in [4.69, 9.17) is 4.74 Å². The molecule has 3 aliphatic rings. The highest BCUT2D eigenvalue weighted by Gasteiger charge is 2.42. The van der Waals surface area contributed by atoms with Crippen molar-refractivity contribution in [1.29, 1.82) is 0 Å². The van der Waals surface area contributed by atoms with E-state index in [1.807, 2.05) is 41.5 Å². The van der Waals surface area contributed by atoms with E-state index in [0.717, 1.165) is 30.0 Å². The lowest BCUT2D eigenvalue weighted by molar-refractivity contribution is -0.139. The van der Waals surface area contributed by atoms with Gasteiger partial charge in [0.2, 0.25) is 5.91 Å². The Morgan fingerprint density at radius 2 is 1.91 bits per heavy atom. The molecule has 2 aromatic rings. The van der Waals surface area contributed by atoms with Crippen molar-refractivity contribution in [1.82, 2.24) is 9.80 Å². The summed E-state index contributed by atoms with van der Waals surface area (Å²) >= 11 is 1.54. The number of hydrogen-bond donors (Lipinski definition) is 0. The molecule has 4 heterocycles. The number of hydrogen-bond acceptors (Lipinski definition) is 6. The summed E-state index contributed by atoms with van der Waals surface area (Å²) in [5.74, 6) is -0.430. The Morgan fingerprint density at radius 1 is 1.09 bits per heavy atom. The van der Waals surface area contributed by atoms with Crippen LogP contribution in [0.1, 0.15) is 51.4 Å². The second-order valence-corrected chi connectivity index (χ2v) is 9.57. The smallest absolute Gasteiger partial charge is 0.264 e. The van der Waals surface area contributed by atoms with Gasteiger partial charge in [0, 0.05) is 31.1 Å². The maximum atomic E-state index is 13.5. The number of piperidine rings is 1. The van der Waals surface area contributed by atoms with Crippen molar-refractivity contribution in [3.05, 3.63) is 51.7 Å². The van der Waals surface area contributed by atoms with Crippen LogP contribution >= 0.6 is 11.3 Å². The molecule has 3 aliphatic heterocycles. The molecule has 32 heavy (non-hydrogen) atoms. The second kappa shape index (κ2) is 8.67. The Morgan fingerprint density at radius 3 is 2.66 bits per heavy atom. The first-order chi connectivity index (χ1) is 15.6. The molecular formula is C24H27N3O4S. The molecule has 3 amide bonds. The number of rotatable bonds is 4. The third-order valence-corrected chi connectivity index (χ3v) is 7.74. The number of nitrogens with zero attached hydrogens (tertiary/aromatic N) is 3. The zero-order valence-electron chi connectivity index (χ0n) is 18.2. The second-order valence-electron chi connectivity index (χ2n) is 8.59. The summed E-state index contributed by atoms with van der Waals surface area (Å²) in [7, 11) is 0. The van der Waals surface area contributed by atoms with Crippen LogP contribution in [-0.4, -0.2) is 66.9 Å². The van der Waals surface area contributed by atoms with Crippen molar-refractivity contribution >= 4 is 34.7 Å². The third-order valence-electron chi connectivity index (χ3n) is 6.70. The van der Waals surface area contributed by atoms with Gasteiger partial charge in [-0.2, -0.15) is 0 Å². The molecule has 8 heteroatoms. The molecule has 0 radical (unpaired) electrons. The van der Waals surface area contributed by atoms with Gasteiger partial charge >= 0.3 is 0 Å². The Kier molecular flexibility index (Phi) is 5.73. The number of carbonyl (C=O) groups excluding carboxylic acids is 3. The average Bonchev–Trinajstić information content (AvgIpc) is 3.46. The summed E-state index contributed by atoms with van der Waals surface area (Å²) in [6.45, 7) is 5.68. The number of anilines is 1. The predicted octanol–water partition coefficient (Wildman–Crippen LogP) is 3.18. The minimum absolute atomic E-state index is 0.106. The molecule has 2 fully saturated rings. The minimum atomic E-state index is -0.313. The molecular weight excluding hydrogens is 426 g/mol. The first-order valence-electron chi connectivity index (χ1n) is 11.2. The Hall–Kier alpha value is -2.71. The van der Waals surface area contributed by atoms with E-state index in [1.165, 1.54) is 4.90 Å². The molecule has 2 atom stereocenters. The lowest BCUT2D eigenvalue weighted by Gasteiger charge is -2.37. The number of benzene rings is 1. The lowest BCUT2D eigenvalue weighted by Crippen LogP contribution is -2.48. The van der Waals surface area contributed by atoms with Crippen molar-refractivity contribution in [2.24, 2.45) is 5.92 Å². The van der Waals surface area contributed by atoms with Gasteiger partial charge in [-0.1, -0.05) is 12.1 Å². The van der Waals surface area contributed by atoms with Gasteiger partial charge in [0.05, 0.1) is 42.0 Å². The Bertz CT molecular complexity index is 1030. The van der Waals surface area contributed by atoms with Crippen LogP contribution in [0.25, 0.3) is 0 Å². The highest BCUT2D eigenvalue weighted by Crippen LogP contribution is 2.38. The van der Waals surface area contributed by atoms with E-state index < -0.39 is 0 Å². The molecule has 0 saturated carbocycles. The van der Waals surface area contributed by atoms with Gasteiger partial charge in [-0.05, 0) is 43.3 Å². The molecule has 5 rings (SSSR count). The Labute approximate surface area is 191 Å². The number of morpholine rings is 1. The van der Waals surface area contributed by atoms with Crippen LogP contribution in [0.5, 0.6) is 0 Å².